The second kappa shape index (κ2) is 8.09. The fourth-order valence-electron chi connectivity index (χ4n) is 2.19. The standard InChI is InChI=1S/C16H19N3O5/c1-11(17-16(23)18-12-6-3-2-4-7-12)15(22)24-10-14(21)19-9-5-8-13(19)20/h2-4,6-7,11H,5,8-10H2,1H3,(H2,17,18,23)/t11-/m0/s1. The lowest BCUT2D eigenvalue weighted by Crippen LogP contribution is -2.43. The lowest BCUT2D eigenvalue weighted by molar-refractivity contribution is -0.155. The van der Waals surface area contributed by atoms with Gasteiger partial charge in [-0.1, -0.05) is 18.2 Å². The van der Waals surface area contributed by atoms with E-state index in [2.05, 4.69) is 10.6 Å². The number of rotatable bonds is 5. The first kappa shape index (κ1) is 17.5. The Balaban J connectivity index is 1.74. The lowest BCUT2D eigenvalue weighted by atomic mass is 10.3. The smallest absolute Gasteiger partial charge is 0.328 e. The Morgan fingerprint density at radius 3 is 2.58 bits per heavy atom. The number of esters is 1. The molecule has 8 heteroatoms. The van der Waals surface area contributed by atoms with Crippen LogP contribution in [0.25, 0.3) is 0 Å². The molecule has 2 rings (SSSR count). The van der Waals surface area contributed by atoms with E-state index in [1.807, 2.05) is 6.07 Å². The molecule has 128 valence electrons. The predicted molar refractivity (Wildman–Crippen MR) is 85.0 cm³/mol. The van der Waals surface area contributed by atoms with Crippen molar-refractivity contribution < 1.29 is 23.9 Å². The molecule has 2 N–H and O–H groups in total. The summed E-state index contributed by atoms with van der Waals surface area (Å²) in [6.45, 7) is 1.28. The molecule has 8 nitrogen and oxygen atoms in total. The molecule has 1 aliphatic rings. The number of ether oxygens (including phenoxy) is 1. The molecule has 0 aliphatic carbocycles. The monoisotopic (exact) mass is 333 g/mol. The SMILES string of the molecule is C[C@H](NC(=O)Nc1ccccc1)C(=O)OCC(=O)N1CCCC1=O. The fraction of sp³-hybridized carbons (Fsp3) is 0.375. The summed E-state index contributed by atoms with van der Waals surface area (Å²) in [5.74, 6) is -1.56. The molecule has 1 atom stereocenters. The van der Waals surface area contributed by atoms with Gasteiger partial charge >= 0.3 is 12.0 Å². The first-order valence-electron chi connectivity index (χ1n) is 7.60. The Bertz CT molecular complexity index is 632. The van der Waals surface area contributed by atoms with Gasteiger partial charge in [-0.15, -0.1) is 0 Å². The van der Waals surface area contributed by atoms with Gasteiger partial charge in [0.05, 0.1) is 0 Å². The van der Waals surface area contributed by atoms with E-state index in [4.69, 9.17) is 4.74 Å². The van der Waals surface area contributed by atoms with Gasteiger partial charge in [0, 0.05) is 18.7 Å². The molecule has 0 radical (unpaired) electrons. The van der Waals surface area contributed by atoms with Crippen molar-refractivity contribution in [1.82, 2.24) is 10.2 Å². The molecule has 1 aliphatic heterocycles. The van der Waals surface area contributed by atoms with E-state index >= 15 is 0 Å². The number of nitrogens with zero attached hydrogens (tertiary/aromatic N) is 1. The van der Waals surface area contributed by atoms with Crippen LogP contribution in [0.4, 0.5) is 10.5 Å². The highest BCUT2D eigenvalue weighted by Gasteiger charge is 2.27. The van der Waals surface area contributed by atoms with Crippen LogP contribution >= 0.6 is 0 Å². The van der Waals surface area contributed by atoms with Crippen molar-refractivity contribution in [3.8, 4) is 0 Å². The van der Waals surface area contributed by atoms with Crippen LogP contribution in [0.2, 0.25) is 0 Å². The van der Waals surface area contributed by atoms with Gasteiger partial charge in [-0.25, -0.2) is 9.59 Å². The van der Waals surface area contributed by atoms with Crippen LogP contribution in [-0.4, -0.2) is 47.9 Å². The summed E-state index contributed by atoms with van der Waals surface area (Å²) >= 11 is 0. The van der Waals surface area contributed by atoms with E-state index in [0.29, 0.717) is 25.1 Å². The minimum atomic E-state index is -0.934. The highest BCUT2D eigenvalue weighted by Crippen LogP contribution is 2.10. The molecule has 1 aromatic carbocycles. The number of hydrogen-bond acceptors (Lipinski definition) is 5. The maximum absolute atomic E-state index is 11.8. The number of carbonyl (C=O) groups excluding carboxylic acids is 4. The molecular weight excluding hydrogens is 314 g/mol. The summed E-state index contributed by atoms with van der Waals surface area (Å²) < 4.78 is 4.85. The maximum atomic E-state index is 11.8. The van der Waals surface area contributed by atoms with Gasteiger partial charge in [0.25, 0.3) is 5.91 Å². The number of likely N-dealkylation sites (tertiary alicyclic amines) is 1. The van der Waals surface area contributed by atoms with Crippen molar-refractivity contribution in [2.24, 2.45) is 0 Å². The zero-order chi connectivity index (χ0) is 17.5. The Hall–Kier alpha value is -2.90. The van der Waals surface area contributed by atoms with E-state index in [1.165, 1.54) is 6.92 Å². The zero-order valence-corrected chi connectivity index (χ0v) is 13.3. The molecular formula is C16H19N3O5. The van der Waals surface area contributed by atoms with Crippen molar-refractivity contribution in [2.75, 3.05) is 18.5 Å². The summed E-state index contributed by atoms with van der Waals surface area (Å²) in [7, 11) is 0. The van der Waals surface area contributed by atoms with Crippen LogP contribution in [0.1, 0.15) is 19.8 Å². The quantitative estimate of drug-likeness (QED) is 0.779. The minimum absolute atomic E-state index is 0.260. The van der Waals surface area contributed by atoms with Crippen molar-refractivity contribution in [2.45, 2.75) is 25.8 Å². The van der Waals surface area contributed by atoms with Crippen LogP contribution in [0.5, 0.6) is 0 Å². The fourth-order valence-corrected chi connectivity index (χ4v) is 2.19. The number of amides is 4. The molecule has 1 aromatic rings. The molecule has 4 amide bonds. The van der Waals surface area contributed by atoms with E-state index in [-0.39, 0.29) is 5.91 Å². The molecule has 0 saturated carbocycles. The number of anilines is 1. The van der Waals surface area contributed by atoms with E-state index in [9.17, 15) is 19.2 Å². The number of nitrogens with one attached hydrogen (secondary N) is 2. The van der Waals surface area contributed by atoms with Gasteiger partial charge in [-0.2, -0.15) is 0 Å². The second-order valence-electron chi connectivity index (χ2n) is 5.34. The number of urea groups is 1. The Morgan fingerprint density at radius 1 is 1.25 bits per heavy atom. The third-order valence-corrected chi connectivity index (χ3v) is 3.45. The summed E-state index contributed by atoms with van der Waals surface area (Å²) in [6.07, 6.45) is 0.952. The number of para-hydroxylation sites is 1. The van der Waals surface area contributed by atoms with E-state index in [0.717, 1.165) is 4.90 Å². The number of benzene rings is 1. The normalized spacial score (nSPS) is 14.9. The zero-order valence-electron chi connectivity index (χ0n) is 13.3. The largest absolute Gasteiger partial charge is 0.454 e. The maximum Gasteiger partial charge on any atom is 0.328 e. The first-order chi connectivity index (χ1) is 11.5. The van der Waals surface area contributed by atoms with Crippen molar-refractivity contribution in [1.29, 1.82) is 0 Å². The minimum Gasteiger partial charge on any atom is -0.454 e. The average molecular weight is 333 g/mol. The van der Waals surface area contributed by atoms with Gasteiger partial charge in [-0.05, 0) is 25.5 Å². The Kier molecular flexibility index (Phi) is 5.89. The third kappa shape index (κ3) is 4.80. The van der Waals surface area contributed by atoms with Gasteiger partial charge in [0.15, 0.2) is 6.61 Å². The molecule has 1 saturated heterocycles. The summed E-state index contributed by atoms with van der Waals surface area (Å²) in [5.41, 5.74) is 0.582. The summed E-state index contributed by atoms with van der Waals surface area (Å²) in [5, 5.41) is 4.98. The topological polar surface area (TPSA) is 105 Å². The second-order valence-corrected chi connectivity index (χ2v) is 5.34. The van der Waals surface area contributed by atoms with Crippen LogP contribution in [0.3, 0.4) is 0 Å². The molecule has 1 heterocycles. The molecule has 0 aromatic heterocycles. The van der Waals surface area contributed by atoms with Crippen LogP contribution < -0.4 is 10.6 Å². The van der Waals surface area contributed by atoms with Crippen LogP contribution in [0.15, 0.2) is 30.3 Å². The molecule has 0 unspecified atom stereocenters. The molecule has 0 spiro atoms. The molecule has 24 heavy (non-hydrogen) atoms. The molecule has 1 fully saturated rings. The van der Waals surface area contributed by atoms with Crippen molar-refractivity contribution in [3.63, 3.8) is 0 Å². The van der Waals surface area contributed by atoms with Gasteiger partial charge in [-0.3, -0.25) is 14.5 Å². The highest BCUT2D eigenvalue weighted by molar-refractivity contribution is 5.98. The highest BCUT2D eigenvalue weighted by atomic mass is 16.5. The van der Waals surface area contributed by atoms with Crippen LogP contribution in [0, 0.1) is 0 Å². The number of hydrogen-bond donors (Lipinski definition) is 2. The molecule has 0 bridgehead atoms. The summed E-state index contributed by atoms with van der Waals surface area (Å²) in [4.78, 5) is 47.8. The van der Waals surface area contributed by atoms with E-state index in [1.54, 1.807) is 24.3 Å². The lowest BCUT2D eigenvalue weighted by Gasteiger charge is -2.16. The average Bonchev–Trinajstić information content (AvgIpc) is 2.99. The van der Waals surface area contributed by atoms with Gasteiger partial charge < -0.3 is 15.4 Å². The number of imide groups is 1. The Labute approximate surface area is 139 Å². The van der Waals surface area contributed by atoms with E-state index < -0.39 is 30.6 Å². The first-order valence-corrected chi connectivity index (χ1v) is 7.60. The van der Waals surface area contributed by atoms with Gasteiger partial charge in [0.1, 0.15) is 6.04 Å². The predicted octanol–water partition coefficient (Wildman–Crippen LogP) is 0.889. The third-order valence-electron chi connectivity index (χ3n) is 3.45. The van der Waals surface area contributed by atoms with Crippen LogP contribution in [-0.2, 0) is 19.1 Å². The van der Waals surface area contributed by atoms with Crippen molar-refractivity contribution >= 4 is 29.5 Å². The number of carbonyl (C=O) groups is 4. The van der Waals surface area contributed by atoms with Gasteiger partial charge in [0.2, 0.25) is 5.91 Å². The Morgan fingerprint density at radius 2 is 1.96 bits per heavy atom. The summed E-state index contributed by atoms with van der Waals surface area (Å²) in [6, 6.07) is 7.24. The van der Waals surface area contributed by atoms with Crippen molar-refractivity contribution in [3.05, 3.63) is 30.3 Å².